The average molecular weight is 216 g/mol. The molecular weight excluding hydrogens is 196 g/mol. The highest BCUT2D eigenvalue weighted by atomic mass is 14.9. The molecule has 2 heteroatoms. The highest BCUT2D eigenvalue weighted by Crippen LogP contribution is 2.14. The summed E-state index contributed by atoms with van der Waals surface area (Å²) in [6.07, 6.45) is 1.63. The van der Waals surface area contributed by atoms with Crippen LogP contribution in [-0.4, -0.2) is 6.04 Å². The molecule has 1 aromatic rings. The predicted octanol–water partition coefficient (Wildman–Crippen LogP) is 3.20. The Morgan fingerprint density at radius 1 is 1.25 bits per heavy atom. The number of nitriles is 1. The molecule has 0 aliphatic carbocycles. The quantitative estimate of drug-likeness (QED) is 0.820. The minimum Gasteiger partial charge on any atom is -0.307 e. The number of benzene rings is 1. The van der Waals surface area contributed by atoms with Crippen molar-refractivity contribution in [1.82, 2.24) is 5.32 Å². The van der Waals surface area contributed by atoms with Gasteiger partial charge < -0.3 is 5.32 Å². The Labute approximate surface area is 98.3 Å². The number of aryl methyl sites for hydroxylation is 1. The van der Waals surface area contributed by atoms with Crippen molar-refractivity contribution in [1.29, 1.82) is 5.26 Å². The maximum atomic E-state index is 8.60. The fourth-order valence-electron chi connectivity index (χ4n) is 1.76. The van der Waals surface area contributed by atoms with Gasteiger partial charge in [0.1, 0.15) is 0 Å². The van der Waals surface area contributed by atoms with Crippen molar-refractivity contribution < 1.29 is 0 Å². The maximum Gasteiger partial charge on any atom is 0.0638 e. The van der Waals surface area contributed by atoms with E-state index in [1.54, 1.807) is 0 Å². The van der Waals surface area contributed by atoms with Crippen molar-refractivity contribution in [3.63, 3.8) is 0 Å². The Balaban J connectivity index is 2.59. The van der Waals surface area contributed by atoms with Gasteiger partial charge in [-0.2, -0.15) is 5.26 Å². The first kappa shape index (κ1) is 12.7. The number of rotatable bonds is 5. The molecule has 16 heavy (non-hydrogen) atoms. The first-order valence-electron chi connectivity index (χ1n) is 5.89. The van der Waals surface area contributed by atoms with Crippen LogP contribution in [0.5, 0.6) is 0 Å². The molecule has 0 saturated carbocycles. The Morgan fingerprint density at radius 3 is 2.38 bits per heavy atom. The van der Waals surface area contributed by atoms with Gasteiger partial charge in [-0.1, -0.05) is 31.2 Å². The highest BCUT2D eigenvalue weighted by Gasteiger charge is 2.08. The largest absolute Gasteiger partial charge is 0.307 e. The van der Waals surface area contributed by atoms with E-state index in [4.69, 9.17) is 5.26 Å². The van der Waals surface area contributed by atoms with Crippen molar-refractivity contribution in [3.05, 3.63) is 35.4 Å². The first-order valence-corrected chi connectivity index (χ1v) is 5.89. The van der Waals surface area contributed by atoms with Crippen LogP contribution >= 0.6 is 0 Å². The second kappa shape index (κ2) is 6.30. The Kier molecular flexibility index (Phi) is 5.01. The van der Waals surface area contributed by atoms with Gasteiger partial charge in [0, 0.05) is 12.1 Å². The summed E-state index contributed by atoms with van der Waals surface area (Å²) in [6.45, 7) is 6.33. The molecule has 0 spiro atoms. The molecule has 0 bridgehead atoms. The van der Waals surface area contributed by atoms with E-state index < -0.39 is 0 Å². The summed E-state index contributed by atoms with van der Waals surface area (Å²) in [7, 11) is 0. The van der Waals surface area contributed by atoms with Crippen LogP contribution in [0, 0.1) is 11.3 Å². The molecule has 0 aliphatic heterocycles. The fraction of sp³-hybridized carbons (Fsp3) is 0.500. The molecular formula is C14H20N2. The van der Waals surface area contributed by atoms with Gasteiger partial charge >= 0.3 is 0 Å². The van der Waals surface area contributed by atoms with E-state index in [2.05, 4.69) is 49.5 Å². The lowest BCUT2D eigenvalue weighted by Gasteiger charge is -2.18. The monoisotopic (exact) mass is 216 g/mol. The highest BCUT2D eigenvalue weighted by molar-refractivity contribution is 5.24. The van der Waals surface area contributed by atoms with Gasteiger partial charge in [-0.3, -0.25) is 0 Å². The summed E-state index contributed by atoms with van der Waals surface area (Å²) in [5.74, 6) is 0. The molecule has 0 heterocycles. The van der Waals surface area contributed by atoms with E-state index >= 15 is 0 Å². The van der Waals surface area contributed by atoms with Crippen LogP contribution in [0.15, 0.2) is 24.3 Å². The van der Waals surface area contributed by atoms with Gasteiger partial charge in [-0.25, -0.2) is 0 Å². The molecule has 0 radical (unpaired) electrons. The Hall–Kier alpha value is -1.33. The summed E-state index contributed by atoms with van der Waals surface area (Å²) in [5.41, 5.74) is 2.64. The molecule has 0 amide bonds. The molecule has 0 aromatic heterocycles. The van der Waals surface area contributed by atoms with Crippen LogP contribution in [0.1, 0.15) is 44.4 Å². The van der Waals surface area contributed by atoms with Crippen molar-refractivity contribution >= 4 is 0 Å². The molecule has 86 valence electrons. The summed E-state index contributed by atoms with van der Waals surface area (Å²) < 4.78 is 0. The van der Waals surface area contributed by atoms with Gasteiger partial charge in [0.2, 0.25) is 0 Å². The molecule has 1 N–H and O–H groups in total. The van der Waals surface area contributed by atoms with Crippen LogP contribution in [0.3, 0.4) is 0 Å². The first-order chi connectivity index (χ1) is 7.67. The number of nitrogens with zero attached hydrogens (tertiary/aromatic N) is 1. The van der Waals surface area contributed by atoms with E-state index in [9.17, 15) is 0 Å². The van der Waals surface area contributed by atoms with Crippen LogP contribution < -0.4 is 5.32 Å². The van der Waals surface area contributed by atoms with Crippen molar-refractivity contribution in [2.75, 3.05) is 0 Å². The van der Waals surface area contributed by atoms with E-state index in [1.165, 1.54) is 11.1 Å². The third-order valence-corrected chi connectivity index (χ3v) is 2.82. The Morgan fingerprint density at radius 2 is 1.88 bits per heavy atom. The molecule has 0 aliphatic rings. The molecule has 1 rings (SSSR count). The van der Waals surface area contributed by atoms with Crippen molar-refractivity contribution in [2.24, 2.45) is 0 Å². The summed E-state index contributed by atoms with van der Waals surface area (Å²) >= 11 is 0. The second-order valence-corrected chi connectivity index (χ2v) is 4.25. The van der Waals surface area contributed by atoms with Crippen LogP contribution in [0.2, 0.25) is 0 Å². The van der Waals surface area contributed by atoms with Crippen LogP contribution in [-0.2, 0) is 6.42 Å². The van der Waals surface area contributed by atoms with E-state index in [-0.39, 0.29) is 6.04 Å². The summed E-state index contributed by atoms with van der Waals surface area (Å²) in [5, 5.41) is 12.0. The maximum absolute atomic E-state index is 8.60. The number of hydrogen-bond acceptors (Lipinski definition) is 2. The lowest BCUT2D eigenvalue weighted by molar-refractivity contribution is 0.485. The van der Waals surface area contributed by atoms with Gasteiger partial charge in [0.25, 0.3) is 0 Å². The SMILES string of the molecule is CCc1ccc(C(C)NC(C)CC#N)cc1. The Bertz CT molecular complexity index is 348. The van der Waals surface area contributed by atoms with Gasteiger partial charge in [0.15, 0.2) is 0 Å². The molecule has 0 saturated heterocycles. The molecule has 1 aromatic carbocycles. The third-order valence-electron chi connectivity index (χ3n) is 2.82. The zero-order chi connectivity index (χ0) is 12.0. The molecule has 2 atom stereocenters. The van der Waals surface area contributed by atoms with E-state index in [0.717, 1.165) is 6.42 Å². The number of nitrogens with one attached hydrogen (secondary N) is 1. The molecule has 2 nitrogen and oxygen atoms in total. The van der Waals surface area contributed by atoms with Gasteiger partial charge in [-0.05, 0) is 31.4 Å². The van der Waals surface area contributed by atoms with E-state index in [1.807, 2.05) is 6.92 Å². The summed E-state index contributed by atoms with van der Waals surface area (Å²) in [6, 6.07) is 11.4. The topological polar surface area (TPSA) is 35.8 Å². The lowest BCUT2D eigenvalue weighted by Crippen LogP contribution is -2.28. The minimum atomic E-state index is 0.242. The minimum absolute atomic E-state index is 0.242. The summed E-state index contributed by atoms with van der Waals surface area (Å²) in [4.78, 5) is 0. The molecule has 0 fully saturated rings. The van der Waals surface area contributed by atoms with Crippen LogP contribution in [0.25, 0.3) is 0 Å². The third kappa shape index (κ3) is 3.67. The zero-order valence-electron chi connectivity index (χ0n) is 10.3. The van der Waals surface area contributed by atoms with Gasteiger partial charge in [-0.15, -0.1) is 0 Å². The van der Waals surface area contributed by atoms with Crippen LogP contribution in [0.4, 0.5) is 0 Å². The molecule has 2 unspecified atom stereocenters. The normalized spacial score (nSPS) is 14.1. The standard InChI is InChI=1S/C14H20N2/c1-4-13-5-7-14(8-6-13)12(3)16-11(2)9-10-15/h5-8,11-12,16H,4,9H2,1-3H3. The van der Waals surface area contributed by atoms with E-state index in [0.29, 0.717) is 12.5 Å². The predicted molar refractivity (Wildman–Crippen MR) is 67.1 cm³/mol. The zero-order valence-corrected chi connectivity index (χ0v) is 10.3. The smallest absolute Gasteiger partial charge is 0.0638 e. The second-order valence-electron chi connectivity index (χ2n) is 4.25. The fourth-order valence-corrected chi connectivity index (χ4v) is 1.76. The average Bonchev–Trinajstić information content (AvgIpc) is 2.29. The van der Waals surface area contributed by atoms with Crippen molar-refractivity contribution in [2.45, 2.75) is 45.7 Å². The van der Waals surface area contributed by atoms with Gasteiger partial charge in [0.05, 0.1) is 12.5 Å². The lowest BCUT2D eigenvalue weighted by atomic mass is 10.0. The van der Waals surface area contributed by atoms with Crippen molar-refractivity contribution in [3.8, 4) is 6.07 Å². The number of hydrogen-bond donors (Lipinski definition) is 1.